The normalized spacial score (nSPS) is 17.9. The second-order valence-electron chi connectivity index (χ2n) is 11.6. The predicted octanol–water partition coefficient (Wildman–Crippen LogP) is 4.73. The summed E-state index contributed by atoms with van der Waals surface area (Å²) >= 11 is 1.74. The number of benzene rings is 2. The average molecular weight is 580 g/mol. The number of carbonyl (C=O) groups is 3. The van der Waals surface area contributed by atoms with Crippen molar-refractivity contribution in [1.82, 2.24) is 14.1 Å². The molecule has 218 valence electrons. The van der Waals surface area contributed by atoms with Crippen LogP contribution < -0.4 is 9.47 Å². The molecule has 6 rings (SSSR count). The Kier molecular flexibility index (Phi) is 8.60. The maximum Gasteiger partial charge on any atom is 0.410 e. The van der Waals surface area contributed by atoms with Gasteiger partial charge < -0.3 is 24.0 Å². The first kappa shape index (κ1) is 29.0. The lowest BCUT2D eigenvalue weighted by molar-refractivity contribution is -0.117. The summed E-state index contributed by atoms with van der Waals surface area (Å²) in [6.45, 7) is 12.9. The van der Waals surface area contributed by atoms with Crippen LogP contribution in [0.15, 0.2) is 52.4 Å². The Morgan fingerprint density at radius 3 is 2.32 bits per heavy atom. The zero-order valence-corrected chi connectivity index (χ0v) is 24.9. The molecule has 0 unspecified atom stereocenters. The van der Waals surface area contributed by atoms with Gasteiger partial charge in [-0.1, -0.05) is 18.2 Å². The smallest absolute Gasteiger partial charge is 0.410 e. The van der Waals surface area contributed by atoms with E-state index in [1.54, 1.807) is 23.8 Å². The van der Waals surface area contributed by atoms with E-state index in [1.807, 2.05) is 56.0 Å². The number of hydrogen-bond acceptors (Lipinski definition) is 8. The van der Waals surface area contributed by atoms with Crippen LogP contribution in [0.2, 0.25) is 0 Å². The Bertz CT molecular complexity index is 1350. The highest BCUT2D eigenvalue weighted by Gasteiger charge is 2.30. The van der Waals surface area contributed by atoms with Crippen molar-refractivity contribution in [2.45, 2.75) is 51.2 Å². The number of hydrogen-bond donors (Lipinski definition) is 0. The minimum Gasteiger partial charge on any atom is -0.486 e. The van der Waals surface area contributed by atoms with E-state index in [2.05, 4.69) is 10.4 Å². The highest BCUT2D eigenvalue weighted by atomic mass is 32.2. The van der Waals surface area contributed by atoms with Gasteiger partial charge in [0, 0.05) is 49.7 Å². The van der Waals surface area contributed by atoms with E-state index < -0.39 is 5.60 Å². The molecule has 4 aliphatic rings. The number of ether oxygens (including phenoxy) is 3. The SMILES string of the molecule is CC(=O)c1cccc2c1CCN(C(=O)OC(C)(C)C)C2.O=CN1CC2=C(C1)CN(Sc1ccc3c(c1)OCCO3)C2. The van der Waals surface area contributed by atoms with Crippen LogP contribution >= 0.6 is 11.9 Å². The third-order valence-corrected chi connectivity index (χ3v) is 8.20. The predicted molar refractivity (Wildman–Crippen MR) is 156 cm³/mol. The summed E-state index contributed by atoms with van der Waals surface area (Å²) in [6.07, 6.45) is 1.34. The van der Waals surface area contributed by atoms with Gasteiger partial charge in [-0.25, -0.2) is 9.10 Å². The molecule has 0 spiro atoms. The quantitative estimate of drug-likeness (QED) is 0.222. The molecule has 9 nitrogen and oxygen atoms in total. The Morgan fingerprint density at radius 2 is 1.66 bits per heavy atom. The first-order valence-corrected chi connectivity index (χ1v) is 14.7. The van der Waals surface area contributed by atoms with Crippen LogP contribution in [0.4, 0.5) is 4.79 Å². The van der Waals surface area contributed by atoms with E-state index in [-0.39, 0.29) is 11.9 Å². The van der Waals surface area contributed by atoms with E-state index in [1.165, 1.54) is 11.1 Å². The molecule has 2 aromatic carbocycles. The standard InChI is InChI=1S/C16H21NO3.C15H16N2O3S/c1-11(18)13-7-5-6-12-10-17(9-8-14(12)13)15(19)20-16(2,3)4;18-10-16-6-11-8-17(9-12(11)7-16)21-13-1-2-14-15(5-13)20-4-3-19-14/h5-7H,8-10H2,1-4H3;1-2,5,10H,3-4,6-9H2. The molecule has 0 saturated carbocycles. The fraction of sp³-hybridized carbons (Fsp3) is 0.452. The first-order valence-electron chi connectivity index (χ1n) is 13.9. The molecule has 4 aliphatic heterocycles. The summed E-state index contributed by atoms with van der Waals surface area (Å²) < 4.78 is 18.9. The molecule has 2 amide bonds. The van der Waals surface area contributed by atoms with Gasteiger partial charge in [-0.15, -0.1) is 0 Å². The molecule has 10 heteroatoms. The summed E-state index contributed by atoms with van der Waals surface area (Å²) in [5.41, 5.74) is 5.18. The van der Waals surface area contributed by atoms with E-state index in [0.717, 1.165) is 65.7 Å². The molecule has 0 radical (unpaired) electrons. The highest BCUT2D eigenvalue weighted by Crippen LogP contribution is 2.38. The van der Waals surface area contributed by atoms with Gasteiger partial charge in [-0.3, -0.25) is 9.59 Å². The van der Waals surface area contributed by atoms with E-state index in [4.69, 9.17) is 14.2 Å². The number of fused-ring (bicyclic) bond motifs is 2. The van der Waals surface area contributed by atoms with Crippen LogP contribution in [0.5, 0.6) is 11.5 Å². The molecule has 2 aromatic rings. The molecule has 0 N–H and O–H groups in total. The van der Waals surface area contributed by atoms with Crippen molar-refractivity contribution < 1.29 is 28.6 Å². The van der Waals surface area contributed by atoms with Gasteiger partial charge in [-0.05, 0) is 86.5 Å². The largest absolute Gasteiger partial charge is 0.486 e. The van der Waals surface area contributed by atoms with Crippen molar-refractivity contribution in [3.05, 3.63) is 64.2 Å². The lowest BCUT2D eigenvalue weighted by atomic mass is 9.93. The molecular weight excluding hydrogens is 542 g/mol. The van der Waals surface area contributed by atoms with Crippen LogP contribution in [-0.2, 0) is 22.5 Å². The minimum absolute atomic E-state index is 0.0765. The maximum absolute atomic E-state index is 12.1. The summed E-state index contributed by atoms with van der Waals surface area (Å²) in [5, 5.41) is 0. The number of rotatable bonds is 4. The van der Waals surface area contributed by atoms with Gasteiger partial charge in [0.05, 0.1) is 0 Å². The fourth-order valence-electron chi connectivity index (χ4n) is 5.37. The molecule has 41 heavy (non-hydrogen) atoms. The van der Waals surface area contributed by atoms with Crippen molar-refractivity contribution >= 4 is 30.2 Å². The monoisotopic (exact) mass is 579 g/mol. The van der Waals surface area contributed by atoms with Gasteiger partial charge in [-0.2, -0.15) is 0 Å². The third kappa shape index (κ3) is 7.05. The third-order valence-electron chi connectivity index (χ3n) is 7.22. The average Bonchev–Trinajstić information content (AvgIpc) is 3.50. The Hall–Kier alpha value is -3.50. The topological polar surface area (TPSA) is 88.6 Å². The summed E-state index contributed by atoms with van der Waals surface area (Å²) in [5.74, 6) is 1.74. The molecule has 0 saturated heterocycles. The number of ketones is 1. The lowest BCUT2D eigenvalue weighted by Gasteiger charge is -2.31. The van der Waals surface area contributed by atoms with Crippen molar-refractivity contribution in [3.63, 3.8) is 0 Å². The van der Waals surface area contributed by atoms with E-state index in [9.17, 15) is 14.4 Å². The van der Waals surface area contributed by atoms with Gasteiger partial charge in [0.1, 0.15) is 18.8 Å². The zero-order valence-electron chi connectivity index (χ0n) is 24.1. The van der Waals surface area contributed by atoms with Crippen molar-refractivity contribution in [2.24, 2.45) is 0 Å². The van der Waals surface area contributed by atoms with Gasteiger partial charge in [0.25, 0.3) is 0 Å². The van der Waals surface area contributed by atoms with Gasteiger partial charge in [0.15, 0.2) is 17.3 Å². The van der Waals surface area contributed by atoms with Crippen molar-refractivity contribution in [2.75, 3.05) is 45.9 Å². The van der Waals surface area contributed by atoms with Gasteiger partial charge in [0.2, 0.25) is 6.41 Å². The number of Topliss-reactive ketones (excluding diaryl/α,β-unsaturated/α-hetero) is 1. The Morgan fingerprint density at radius 1 is 0.951 bits per heavy atom. The molecule has 0 atom stereocenters. The Balaban J connectivity index is 0.000000165. The number of nitrogens with zero attached hydrogens (tertiary/aromatic N) is 3. The van der Waals surface area contributed by atoms with E-state index in [0.29, 0.717) is 32.7 Å². The second-order valence-corrected chi connectivity index (χ2v) is 12.7. The number of amides is 2. The highest BCUT2D eigenvalue weighted by molar-refractivity contribution is 7.97. The maximum atomic E-state index is 12.1. The van der Waals surface area contributed by atoms with Crippen molar-refractivity contribution in [3.8, 4) is 11.5 Å². The van der Waals surface area contributed by atoms with Gasteiger partial charge >= 0.3 is 6.09 Å². The lowest BCUT2D eigenvalue weighted by Crippen LogP contribution is -2.40. The minimum atomic E-state index is -0.488. The van der Waals surface area contributed by atoms with Crippen LogP contribution in [-0.4, -0.2) is 83.9 Å². The zero-order chi connectivity index (χ0) is 29.1. The molecule has 0 fully saturated rings. The molecular formula is C31H37N3O6S. The van der Waals surface area contributed by atoms with E-state index >= 15 is 0 Å². The molecule has 0 bridgehead atoms. The summed E-state index contributed by atoms with van der Waals surface area (Å²) in [6, 6.07) is 11.8. The second kappa shape index (κ2) is 12.2. The van der Waals surface area contributed by atoms with Crippen LogP contribution in [0, 0.1) is 0 Å². The summed E-state index contributed by atoms with van der Waals surface area (Å²) in [4.78, 5) is 39.2. The molecule has 4 heterocycles. The Labute approximate surface area is 245 Å². The summed E-state index contributed by atoms with van der Waals surface area (Å²) in [7, 11) is 0. The van der Waals surface area contributed by atoms with Crippen LogP contribution in [0.1, 0.15) is 49.2 Å². The molecule has 0 aliphatic carbocycles. The number of carbonyl (C=O) groups excluding carboxylic acids is 3. The van der Waals surface area contributed by atoms with Crippen LogP contribution in [0.3, 0.4) is 0 Å². The fourth-order valence-corrected chi connectivity index (χ4v) is 6.39. The first-order chi connectivity index (χ1) is 19.6. The van der Waals surface area contributed by atoms with Crippen molar-refractivity contribution in [1.29, 1.82) is 0 Å². The van der Waals surface area contributed by atoms with Crippen LogP contribution in [0.25, 0.3) is 0 Å². The molecule has 0 aromatic heterocycles.